The molecule has 1 fully saturated rings. The Hall–Kier alpha value is -5.00. The maximum Gasteiger partial charge on any atom is 0.320 e. The zero-order valence-corrected chi connectivity index (χ0v) is 21.6. The molecule has 3 N–H and O–H groups in total. The highest BCUT2D eigenvalue weighted by Crippen LogP contribution is 2.28. The Morgan fingerprint density at radius 3 is 2.27 bits per heavy atom. The highest BCUT2D eigenvalue weighted by Gasteiger charge is 2.28. The number of carbonyl (C=O) groups excluding carboxylic acids is 1. The molecule has 1 unspecified atom stereocenters. The quantitative estimate of drug-likeness (QED) is 0.252. The summed E-state index contributed by atoms with van der Waals surface area (Å²) in [5, 5.41) is 22.5. The fraction of sp³-hybridized carbons (Fsp3) is 0.250. The first kappa shape index (κ1) is 26.6. The molecular weight excluding hydrogens is 519 g/mol. The summed E-state index contributed by atoms with van der Waals surface area (Å²) in [6.07, 6.45) is 3.12. The van der Waals surface area contributed by atoms with Gasteiger partial charge in [0.15, 0.2) is 0 Å². The van der Waals surface area contributed by atoms with Gasteiger partial charge in [-0.05, 0) is 79.4 Å². The summed E-state index contributed by atoms with van der Waals surface area (Å²) >= 11 is 0. The number of rotatable bonds is 9. The van der Waals surface area contributed by atoms with Gasteiger partial charge in [0, 0.05) is 18.8 Å². The van der Waals surface area contributed by atoms with E-state index in [1.807, 2.05) is 0 Å². The lowest BCUT2D eigenvalue weighted by atomic mass is 9.85. The predicted molar refractivity (Wildman–Crippen MR) is 144 cm³/mol. The molecule has 0 bridgehead atoms. The number of pyridine rings is 1. The number of nitrogens with one attached hydrogen (secondary N) is 2. The molecule has 0 aliphatic carbocycles. The summed E-state index contributed by atoms with van der Waals surface area (Å²) in [6, 6.07) is 16.2. The highest BCUT2D eigenvalue weighted by atomic mass is 19.1. The van der Waals surface area contributed by atoms with Crippen LogP contribution in [0.1, 0.15) is 30.5 Å². The van der Waals surface area contributed by atoms with Crippen molar-refractivity contribution >= 4 is 35.1 Å². The van der Waals surface area contributed by atoms with Crippen LogP contribution in [0.25, 0.3) is 0 Å². The molecule has 12 heteroatoms. The van der Waals surface area contributed by atoms with Crippen LogP contribution in [0.4, 0.5) is 27.6 Å². The van der Waals surface area contributed by atoms with E-state index >= 15 is 0 Å². The zero-order valence-electron chi connectivity index (χ0n) is 21.6. The van der Waals surface area contributed by atoms with E-state index < -0.39 is 11.9 Å². The molecular formula is C28H27FN6O5. The van der Waals surface area contributed by atoms with E-state index in [1.165, 1.54) is 24.3 Å². The van der Waals surface area contributed by atoms with E-state index in [0.29, 0.717) is 22.9 Å². The number of carboxylic acids is 1. The molecule has 1 amide bonds. The van der Waals surface area contributed by atoms with Crippen molar-refractivity contribution in [3.05, 3.63) is 78.6 Å². The van der Waals surface area contributed by atoms with Gasteiger partial charge in [-0.25, -0.2) is 9.37 Å². The second kappa shape index (κ2) is 11.8. The Balaban J connectivity index is 1.12. The number of halogens is 1. The number of hydrogen-bond donors (Lipinski definition) is 3. The summed E-state index contributed by atoms with van der Waals surface area (Å²) in [4.78, 5) is 30.4. The van der Waals surface area contributed by atoms with Gasteiger partial charge in [0.25, 0.3) is 0 Å². The summed E-state index contributed by atoms with van der Waals surface area (Å²) < 4.78 is 24.2. The van der Waals surface area contributed by atoms with E-state index in [0.717, 1.165) is 31.7 Å². The SMILES string of the molecule is CC(C(=O)O)C1CCN(c2ccc(NC(=O)c3nnc(Nc4ccc(Oc5ccc(F)cc5)cc4)o3)cn2)CC1. The minimum atomic E-state index is -0.760. The third-order valence-electron chi connectivity index (χ3n) is 6.74. The number of benzene rings is 2. The second-order valence-electron chi connectivity index (χ2n) is 9.43. The molecule has 0 saturated carbocycles. The average Bonchev–Trinajstić information content (AvgIpc) is 3.44. The highest BCUT2D eigenvalue weighted by molar-refractivity contribution is 6.00. The van der Waals surface area contributed by atoms with Crippen molar-refractivity contribution in [1.29, 1.82) is 0 Å². The van der Waals surface area contributed by atoms with Crippen LogP contribution in [0.2, 0.25) is 0 Å². The number of piperidine rings is 1. The van der Waals surface area contributed by atoms with Gasteiger partial charge in [-0.15, -0.1) is 5.10 Å². The Morgan fingerprint density at radius 2 is 1.65 bits per heavy atom. The molecule has 1 atom stereocenters. The summed E-state index contributed by atoms with van der Waals surface area (Å²) in [5.74, 6) is -0.288. The second-order valence-corrected chi connectivity index (χ2v) is 9.43. The van der Waals surface area contributed by atoms with Gasteiger partial charge in [0.2, 0.25) is 0 Å². The third-order valence-corrected chi connectivity index (χ3v) is 6.74. The summed E-state index contributed by atoms with van der Waals surface area (Å²) in [7, 11) is 0. The van der Waals surface area contributed by atoms with Gasteiger partial charge in [0.05, 0.1) is 17.8 Å². The Morgan fingerprint density at radius 1 is 1.00 bits per heavy atom. The molecule has 2 aromatic heterocycles. The Kier molecular flexibility index (Phi) is 7.85. The van der Waals surface area contributed by atoms with E-state index in [9.17, 15) is 19.1 Å². The molecule has 5 rings (SSSR count). The van der Waals surface area contributed by atoms with Crippen LogP contribution in [0.3, 0.4) is 0 Å². The van der Waals surface area contributed by atoms with Crippen LogP contribution in [-0.4, -0.2) is 45.3 Å². The van der Waals surface area contributed by atoms with Crippen molar-refractivity contribution in [2.24, 2.45) is 11.8 Å². The largest absolute Gasteiger partial charge is 0.481 e. The molecule has 2 aromatic carbocycles. The predicted octanol–water partition coefficient (Wildman–Crippen LogP) is 5.33. The topological polar surface area (TPSA) is 143 Å². The fourth-order valence-corrected chi connectivity index (χ4v) is 4.40. The number of aliphatic carboxylic acids is 1. The Bertz CT molecular complexity index is 1450. The van der Waals surface area contributed by atoms with Crippen molar-refractivity contribution in [3.63, 3.8) is 0 Å². The normalized spacial score (nSPS) is 14.4. The smallest absolute Gasteiger partial charge is 0.320 e. The number of anilines is 4. The standard InChI is InChI=1S/C28H27FN6O5/c1-17(27(37)38)18-12-14-35(15-13-18)24-11-6-21(16-30-24)31-25(36)26-33-34-28(40-26)32-20-4-9-23(10-5-20)39-22-7-2-19(29)3-8-22/h2-11,16-18H,12-15H2,1H3,(H,31,36)(H,32,34)(H,37,38). The molecule has 206 valence electrons. The van der Waals surface area contributed by atoms with E-state index in [-0.39, 0.29) is 29.6 Å². The molecule has 1 aliphatic rings. The fourth-order valence-electron chi connectivity index (χ4n) is 4.40. The van der Waals surface area contributed by atoms with Crippen LogP contribution in [0.15, 0.2) is 71.3 Å². The third kappa shape index (κ3) is 6.52. The van der Waals surface area contributed by atoms with Crippen molar-refractivity contribution in [3.8, 4) is 11.5 Å². The van der Waals surface area contributed by atoms with Crippen molar-refractivity contribution in [1.82, 2.24) is 15.2 Å². The first-order valence-electron chi connectivity index (χ1n) is 12.7. The maximum atomic E-state index is 13.0. The number of amides is 1. The number of nitrogens with zero attached hydrogens (tertiary/aromatic N) is 4. The van der Waals surface area contributed by atoms with Gasteiger partial charge >= 0.3 is 23.8 Å². The van der Waals surface area contributed by atoms with Gasteiger partial charge in [-0.1, -0.05) is 12.0 Å². The van der Waals surface area contributed by atoms with Gasteiger partial charge in [-0.2, -0.15) is 0 Å². The Labute approximate surface area is 229 Å². The molecule has 4 aromatic rings. The first-order valence-corrected chi connectivity index (χ1v) is 12.7. The van der Waals surface area contributed by atoms with E-state index in [1.54, 1.807) is 49.5 Å². The van der Waals surface area contributed by atoms with E-state index in [2.05, 4.69) is 30.7 Å². The van der Waals surface area contributed by atoms with Crippen LogP contribution in [0.5, 0.6) is 11.5 Å². The first-order chi connectivity index (χ1) is 19.3. The molecule has 0 radical (unpaired) electrons. The van der Waals surface area contributed by atoms with Gasteiger partial charge in [0.1, 0.15) is 23.1 Å². The van der Waals surface area contributed by atoms with Crippen LogP contribution < -0.4 is 20.3 Å². The van der Waals surface area contributed by atoms with Gasteiger partial charge < -0.3 is 29.8 Å². The minimum absolute atomic E-state index is 0.0337. The molecule has 0 spiro atoms. The summed E-state index contributed by atoms with van der Waals surface area (Å²) in [6.45, 7) is 3.21. The maximum absolute atomic E-state index is 13.0. The molecule has 40 heavy (non-hydrogen) atoms. The molecule has 11 nitrogen and oxygen atoms in total. The van der Waals surface area contributed by atoms with Crippen LogP contribution >= 0.6 is 0 Å². The van der Waals surface area contributed by atoms with Gasteiger partial charge in [-0.3, -0.25) is 9.59 Å². The monoisotopic (exact) mass is 546 g/mol. The van der Waals surface area contributed by atoms with Crippen molar-refractivity contribution in [2.75, 3.05) is 28.6 Å². The minimum Gasteiger partial charge on any atom is -0.481 e. The van der Waals surface area contributed by atoms with Crippen molar-refractivity contribution in [2.45, 2.75) is 19.8 Å². The molecule has 1 aliphatic heterocycles. The number of hydrogen-bond acceptors (Lipinski definition) is 9. The average molecular weight is 547 g/mol. The number of aromatic nitrogens is 3. The molecule has 1 saturated heterocycles. The molecule has 3 heterocycles. The van der Waals surface area contributed by atoms with Crippen molar-refractivity contribution < 1.29 is 28.2 Å². The van der Waals surface area contributed by atoms with E-state index in [4.69, 9.17) is 9.15 Å². The van der Waals surface area contributed by atoms with Crippen LogP contribution in [0, 0.1) is 17.7 Å². The lowest BCUT2D eigenvalue weighted by Crippen LogP contribution is -2.37. The summed E-state index contributed by atoms with van der Waals surface area (Å²) in [5.41, 5.74) is 1.09. The zero-order chi connectivity index (χ0) is 28.1. The lowest BCUT2D eigenvalue weighted by molar-refractivity contribution is -0.143. The number of ether oxygens (including phenoxy) is 1. The number of carbonyl (C=O) groups is 2. The van der Waals surface area contributed by atoms with Crippen LogP contribution in [-0.2, 0) is 4.79 Å². The lowest BCUT2D eigenvalue weighted by Gasteiger charge is -2.34. The number of carboxylic acid groups (broad SMARTS) is 1.